The molecular weight excluding hydrogens is 172 g/mol. The molecule has 0 N–H and O–H groups in total. The predicted molar refractivity (Wildman–Crippen MR) is 64.7 cm³/mol. The van der Waals surface area contributed by atoms with E-state index in [2.05, 4.69) is 56.8 Å². The highest BCUT2D eigenvalue weighted by Crippen LogP contribution is 2.06. The van der Waals surface area contributed by atoms with Gasteiger partial charge in [-0.3, -0.25) is 4.99 Å². The molecular formula is C12H24N2. The van der Waals surface area contributed by atoms with Crippen molar-refractivity contribution in [2.75, 3.05) is 0 Å². The Morgan fingerprint density at radius 2 is 1.86 bits per heavy atom. The van der Waals surface area contributed by atoms with Crippen LogP contribution in [0.5, 0.6) is 0 Å². The maximum absolute atomic E-state index is 4.63. The summed E-state index contributed by atoms with van der Waals surface area (Å²) in [6.07, 6.45) is 5.15. The van der Waals surface area contributed by atoms with Crippen molar-refractivity contribution in [3.63, 3.8) is 0 Å². The van der Waals surface area contributed by atoms with E-state index in [1.807, 2.05) is 6.92 Å². The number of allylic oxidation sites excluding steroid dienone is 1. The molecule has 2 heteroatoms. The van der Waals surface area contributed by atoms with Crippen LogP contribution in [0.2, 0.25) is 0 Å². The lowest BCUT2D eigenvalue weighted by Gasteiger charge is -2.26. The molecule has 82 valence electrons. The highest BCUT2D eigenvalue weighted by Gasteiger charge is 2.10. The quantitative estimate of drug-likeness (QED) is 0.497. The molecule has 2 nitrogen and oxygen atoms in total. The lowest BCUT2D eigenvalue weighted by molar-refractivity contribution is 0.447. The third-order valence-electron chi connectivity index (χ3n) is 1.89. The van der Waals surface area contributed by atoms with E-state index < -0.39 is 0 Å². The average molecular weight is 196 g/mol. The van der Waals surface area contributed by atoms with Crippen molar-refractivity contribution >= 4 is 5.84 Å². The van der Waals surface area contributed by atoms with Crippen LogP contribution < -0.4 is 0 Å². The summed E-state index contributed by atoms with van der Waals surface area (Å²) in [5, 5.41) is 0. The van der Waals surface area contributed by atoms with Crippen LogP contribution >= 0.6 is 0 Å². The number of nitrogens with zero attached hydrogens (tertiary/aromatic N) is 2. The summed E-state index contributed by atoms with van der Waals surface area (Å²) < 4.78 is 0. The van der Waals surface area contributed by atoms with Crippen molar-refractivity contribution in [3.05, 3.63) is 12.3 Å². The number of rotatable bonds is 4. The van der Waals surface area contributed by atoms with Crippen LogP contribution in [0.1, 0.15) is 48.0 Å². The van der Waals surface area contributed by atoms with Gasteiger partial charge in [0.1, 0.15) is 5.84 Å². The van der Waals surface area contributed by atoms with Gasteiger partial charge in [-0.05, 0) is 34.6 Å². The van der Waals surface area contributed by atoms with Gasteiger partial charge in [0, 0.05) is 24.7 Å². The summed E-state index contributed by atoms with van der Waals surface area (Å²) in [7, 11) is 0. The van der Waals surface area contributed by atoms with Gasteiger partial charge >= 0.3 is 0 Å². The Morgan fingerprint density at radius 3 is 2.14 bits per heavy atom. The van der Waals surface area contributed by atoms with E-state index in [0.29, 0.717) is 12.1 Å². The Morgan fingerprint density at radius 1 is 1.29 bits per heavy atom. The van der Waals surface area contributed by atoms with Gasteiger partial charge in [-0.25, -0.2) is 0 Å². The Labute approximate surface area is 88.7 Å². The highest BCUT2D eigenvalue weighted by atomic mass is 15.2. The van der Waals surface area contributed by atoms with Gasteiger partial charge in [-0.1, -0.05) is 13.0 Å². The van der Waals surface area contributed by atoms with E-state index in [4.69, 9.17) is 0 Å². The Hall–Kier alpha value is -0.790. The van der Waals surface area contributed by atoms with Gasteiger partial charge in [0.15, 0.2) is 0 Å². The smallest absolute Gasteiger partial charge is 0.103 e. The van der Waals surface area contributed by atoms with Crippen molar-refractivity contribution in [2.45, 2.75) is 60.0 Å². The molecule has 0 amide bonds. The SMILES string of the molecule is C/C=C\N(/C(CC)=N\C(C)C)C(C)C. The topological polar surface area (TPSA) is 15.6 Å². The molecule has 0 aromatic carbocycles. The maximum Gasteiger partial charge on any atom is 0.103 e. The molecule has 0 unspecified atom stereocenters. The van der Waals surface area contributed by atoms with Crippen molar-refractivity contribution in [2.24, 2.45) is 4.99 Å². The minimum absolute atomic E-state index is 0.372. The lowest BCUT2D eigenvalue weighted by Crippen LogP contribution is -2.32. The number of aliphatic imine (C=N–C) groups is 1. The van der Waals surface area contributed by atoms with Gasteiger partial charge in [0.25, 0.3) is 0 Å². The molecule has 0 saturated carbocycles. The fourth-order valence-corrected chi connectivity index (χ4v) is 1.36. The Balaban J connectivity index is 4.76. The number of hydrogen-bond acceptors (Lipinski definition) is 1. The van der Waals surface area contributed by atoms with Crippen LogP contribution in [0.15, 0.2) is 17.3 Å². The van der Waals surface area contributed by atoms with Crippen LogP contribution in [0.4, 0.5) is 0 Å². The molecule has 0 aromatic rings. The van der Waals surface area contributed by atoms with Crippen LogP contribution in [-0.2, 0) is 0 Å². The van der Waals surface area contributed by atoms with Crippen molar-refractivity contribution < 1.29 is 0 Å². The highest BCUT2D eigenvalue weighted by molar-refractivity contribution is 5.83. The van der Waals surface area contributed by atoms with Gasteiger partial charge < -0.3 is 4.90 Å². The van der Waals surface area contributed by atoms with E-state index in [0.717, 1.165) is 6.42 Å². The van der Waals surface area contributed by atoms with E-state index >= 15 is 0 Å². The van der Waals surface area contributed by atoms with Crippen LogP contribution in [0.25, 0.3) is 0 Å². The standard InChI is InChI=1S/C12H24N2/c1-7-9-14(11(5)6)12(8-2)13-10(3)4/h7,9-11H,8H2,1-6H3/b9-7-,13-12-. The third-order valence-corrected chi connectivity index (χ3v) is 1.89. The summed E-state index contributed by atoms with van der Waals surface area (Å²) in [5.74, 6) is 1.17. The third kappa shape index (κ3) is 4.45. The van der Waals surface area contributed by atoms with Gasteiger partial charge in [-0.2, -0.15) is 0 Å². The zero-order valence-electron chi connectivity index (χ0n) is 10.4. The second kappa shape index (κ2) is 6.63. The van der Waals surface area contributed by atoms with Crippen LogP contribution in [0.3, 0.4) is 0 Å². The molecule has 0 radical (unpaired) electrons. The second-order valence-corrected chi connectivity index (χ2v) is 3.98. The summed E-state index contributed by atoms with van der Waals surface area (Å²) in [6, 6.07) is 0.847. The fraction of sp³-hybridized carbons (Fsp3) is 0.750. The molecule has 14 heavy (non-hydrogen) atoms. The van der Waals surface area contributed by atoms with E-state index in [1.165, 1.54) is 5.84 Å². The maximum atomic E-state index is 4.63. The molecule has 0 aliphatic heterocycles. The lowest BCUT2D eigenvalue weighted by atomic mass is 10.2. The molecule has 0 bridgehead atoms. The van der Waals surface area contributed by atoms with Crippen molar-refractivity contribution in [1.82, 2.24) is 4.90 Å². The van der Waals surface area contributed by atoms with E-state index in [1.54, 1.807) is 0 Å². The zero-order chi connectivity index (χ0) is 11.1. The first-order valence-electron chi connectivity index (χ1n) is 5.50. The molecule has 0 aromatic heterocycles. The molecule has 0 saturated heterocycles. The van der Waals surface area contributed by atoms with E-state index in [9.17, 15) is 0 Å². The van der Waals surface area contributed by atoms with Gasteiger partial charge in [0.2, 0.25) is 0 Å². The minimum Gasteiger partial charge on any atom is -0.335 e. The molecule has 0 fully saturated rings. The first-order chi connectivity index (χ1) is 6.52. The summed E-state index contributed by atoms with van der Waals surface area (Å²) >= 11 is 0. The van der Waals surface area contributed by atoms with Gasteiger partial charge in [-0.15, -0.1) is 0 Å². The first kappa shape index (κ1) is 13.2. The minimum atomic E-state index is 0.372. The Kier molecular flexibility index (Phi) is 6.26. The summed E-state index contributed by atoms with van der Waals surface area (Å²) in [5.41, 5.74) is 0. The predicted octanol–water partition coefficient (Wildman–Crippen LogP) is 3.45. The molecule has 0 spiro atoms. The monoisotopic (exact) mass is 196 g/mol. The van der Waals surface area contributed by atoms with E-state index in [-0.39, 0.29) is 0 Å². The van der Waals surface area contributed by atoms with Crippen molar-refractivity contribution in [3.8, 4) is 0 Å². The Bertz CT molecular complexity index is 202. The van der Waals surface area contributed by atoms with Crippen molar-refractivity contribution in [1.29, 1.82) is 0 Å². The van der Waals surface area contributed by atoms with Gasteiger partial charge in [0.05, 0.1) is 0 Å². The average Bonchev–Trinajstić information content (AvgIpc) is 2.10. The summed E-state index contributed by atoms with van der Waals surface area (Å²) in [6.45, 7) is 12.8. The number of amidine groups is 1. The second-order valence-electron chi connectivity index (χ2n) is 3.98. The molecule has 0 aliphatic carbocycles. The summed E-state index contributed by atoms with van der Waals surface area (Å²) in [4.78, 5) is 6.86. The zero-order valence-corrected chi connectivity index (χ0v) is 10.4. The number of hydrogen-bond donors (Lipinski definition) is 0. The first-order valence-corrected chi connectivity index (χ1v) is 5.50. The van der Waals surface area contributed by atoms with Crippen LogP contribution in [-0.4, -0.2) is 22.8 Å². The normalized spacial score (nSPS) is 13.3. The molecule has 0 rings (SSSR count). The molecule has 0 atom stereocenters. The van der Waals surface area contributed by atoms with Crippen LogP contribution in [0, 0.1) is 0 Å². The molecule has 0 heterocycles. The largest absolute Gasteiger partial charge is 0.335 e. The fourth-order valence-electron chi connectivity index (χ4n) is 1.36. The molecule has 0 aliphatic rings.